The maximum absolute atomic E-state index is 13.1. The normalized spacial score (nSPS) is 11.4. The summed E-state index contributed by atoms with van der Waals surface area (Å²) in [7, 11) is 1.61. The Hall–Kier alpha value is -3.32. The average molecular weight is 483 g/mol. The first-order valence-corrected chi connectivity index (χ1v) is 11.5. The molecular weight excluding hydrogens is 452 g/mol. The average Bonchev–Trinajstić information content (AvgIpc) is 3.21. The lowest BCUT2D eigenvalue weighted by atomic mass is 9.92. The predicted octanol–water partition coefficient (Wildman–Crippen LogP) is 5.32. The number of halogens is 1. The monoisotopic (exact) mass is 482 g/mol. The van der Waals surface area contributed by atoms with Gasteiger partial charge in [0, 0.05) is 17.5 Å². The van der Waals surface area contributed by atoms with E-state index in [2.05, 4.69) is 26.1 Å². The Bertz CT molecular complexity index is 1160. The number of hydrogen-bond donors (Lipinski definition) is 1. The van der Waals surface area contributed by atoms with Crippen LogP contribution in [0.3, 0.4) is 0 Å². The third kappa shape index (κ3) is 5.78. The third-order valence-corrected chi connectivity index (χ3v) is 5.69. The number of rotatable bonds is 7. The summed E-state index contributed by atoms with van der Waals surface area (Å²) >= 11 is 6.22. The van der Waals surface area contributed by atoms with Gasteiger partial charge in [-0.05, 0) is 50.2 Å². The molecule has 1 N–H and O–H groups in total. The molecule has 3 rings (SSSR count). The summed E-state index contributed by atoms with van der Waals surface area (Å²) in [6.07, 6.45) is 0. The first kappa shape index (κ1) is 25.3. The second-order valence-corrected chi connectivity index (χ2v) is 9.74. The topological polar surface area (TPSA) is 76.5 Å². The number of benzene rings is 2. The summed E-state index contributed by atoms with van der Waals surface area (Å²) in [6.45, 7) is 9.77. The zero-order valence-electron chi connectivity index (χ0n) is 20.4. The molecule has 0 atom stereocenters. The van der Waals surface area contributed by atoms with Gasteiger partial charge in [0.1, 0.15) is 18.1 Å². The fourth-order valence-electron chi connectivity index (χ4n) is 3.37. The van der Waals surface area contributed by atoms with E-state index >= 15 is 0 Å². The number of aromatic nitrogens is 2. The van der Waals surface area contributed by atoms with Crippen LogP contribution in [0.5, 0.6) is 5.75 Å². The molecule has 0 saturated heterocycles. The fourth-order valence-corrected chi connectivity index (χ4v) is 3.59. The summed E-state index contributed by atoms with van der Waals surface area (Å²) in [5.74, 6) is 0.621. The zero-order valence-corrected chi connectivity index (χ0v) is 21.2. The Morgan fingerprint density at radius 3 is 2.32 bits per heavy atom. The van der Waals surface area contributed by atoms with Crippen LogP contribution >= 0.6 is 11.6 Å². The van der Waals surface area contributed by atoms with Crippen molar-refractivity contribution in [1.29, 1.82) is 0 Å². The van der Waals surface area contributed by atoms with Gasteiger partial charge in [-0.15, -0.1) is 0 Å². The standard InChI is InChI=1S/C26H31ClN4O3/c1-17(2)30(25(33)20-9-7-8-10-21(20)27)16-24(32)28-23-15-22(26(3,4)5)29-31(23)18-11-13-19(34-6)14-12-18/h7-15,17H,16H2,1-6H3,(H,28,32). The van der Waals surface area contributed by atoms with Crippen LogP contribution in [0.15, 0.2) is 54.6 Å². The van der Waals surface area contributed by atoms with E-state index in [-0.39, 0.29) is 29.8 Å². The number of nitrogens with zero attached hydrogens (tertiary/aromatic N) is 3. The van der Waals surface area contributed by atoms with Gasteiger partial charge in [-0.1, -0.05) is 44.5 Å². The second-order valence-electron chi connectivity index (χ2n) is 9.33. The molecule has 3 aromatic rings. The highest BCUT2D eigenvalue weighted by atomic mass is 35.5. The minimum Gasteiger partial charge on any atom is -0.497 e. The van der Waals surface area contributed by atoms with Crippen molar-refractivity contribution in [2.45, 2.75) is 46.1 Å². The molecule has 2 aromatic carbocycles. The molecule has 2 amide bonds. The molecule has 0 bridgehead atoms. The summed E-state index contributed by atoms with van der Waals surface area (Å²) in [4.78, 5) is 27.7. The highest BCUT2D eigenvalue weighted by Gasteiger charge is 2.25. The van der Waals surface area contributed by atoms with E-state index in [0.717, 1.165) is 17.1 Å². The lowest BCUT2D eigenvalue weighted by Gasteiger charge is -2.26. The molecule has 0 unspecified atom stereocenters. The van der Waals surface area contributed by atoms with Crippen LogP contribution in [-0.2, 0) is 10.2 Å². The third-order valence-electron chi connectivity index (χ3n) is 5.36. The predicted molar refractivity (Wildman–Crippen MR) is 135 cm³/mol. The van der Waals surface area contributed by atoms with E-state index in [9.17, 15) is 9.59 Å². The number of amides is 2. The maximum Gasteiger partial charge on any atom is 0.256 e. The van der Waals surface area contributed by atoms with Crippen LogP contribution in [0.2, 0.25) is 5.02 Å². The van der Waals surface area contributed by atoms with Crippen LogP contribution in [0.25, 0.3) is 5.69 Å². The molecule has 0 saturated carbocycles. The number of carbonyl (C=O) groups is 2. The smallest absolute Gasteiger partial charge is 0.256 e. The molecule has 0 fully saturated rings. The number of ether oxygens (including phenoxy) is 1. The van der Waals surface area contributed by atoms with Crippen LogP contribution in [0.4, 0.5) is 5.82 Å². The molecule has 8 heteroatoms. The van der Waals surface area contributed by atoms with Crippen LogP contribution in [0.1, 0.15) is 50.7 Å². The largest absolute Gasteiger partial charge is 0.497 e. The van der Waals surface area contributed by atoms with Gasteiger partial charge in [-0.3, -0.25) is 9.59 Å². The van der Waals surface area contributed by atoms with E-state index in [1.807, 2.05) is 44.2 Å². The second kappa shape index (κ2) is 10.3. The van der Waals surface area contributed by atoms with Crippen molar-refractivity contribution in [3.8, 4) is 11.4 Å². The van der Waals surface area contributed by atoms with Gasteiger partial charge in [0.25, 0.3) is 5.91 Å². The summed E-state index contributed by atoms with van der Waals surface area (Å²) in [6, 6.07) is 15.9. The van der Waals surface area contributed by atoms with Gasteiger partial charge < -0.3 is 15.0 Å². The van der Waals surface area contributed by atoms with E-state index in [0.29, 0.717) is 16.4 Å². The Balaban J connectivity index is 1.88. The highest BCUT2D eigenvalue weighted by molar-refractivity contribution is 6.33. The Labute approximate surface area is 205 Å². The molecule has 0 aliphatic carbocycles. The molecule has 0 aliphatic rings. The van der Waals surface area contributed by atoms with E-state index in [4.69, 9.17) is 21.4 Å². The molecular formula is C26H31ClN4O3. The van der Waals surface area contributed by atoms with Crippen molar-refractivity contribution < 1.29 is 14.3 Å². The molecule has 0 radical (unpaired) electrons. The van der Waals surface area contributed by atoms with Crippen LogP contribution in [0, 0.1) is 0 Å². The Morgan fingerprint density at radius 1 is 1.12 bits per heavy atom. The lowest BCUT2D eigenvalue weighted by Crippen LogP contribution is -2.42. The maximum atomic E-state index is 13.1. The van der Waals surface area contributed by atoms with Crippen molar-refractivity contribution >= 4 is 29.2 Å². The zero-order chi connectivity index (χ0) is 25.0. The molecule has 0 spiro atoms. The Morgan fingerprint density at radius 2 is 1.76 bits per heavy atom. The SMILES string of the molecule is COc1ccc(-n2nc(C(C)(C)C)cc2NC(=O)CN(C(=O)c2ccccc2Cl)C(C)C)cc1. The summed E-state index contributed by atoms with van der Waals surface area (Å²) in [5, 5.41) is 8.02. The Kier molecular flexibility index (Phi) is 7.67. The minimum atomic E-state index is -0.329. The summed E-state index contributed by atoms with van der Waals surface area (Å²) in [5.41, 5.74) is 1.75. The van der Waals surface area contributed by atoms with Crippen molar-refractivity contribution in [1.82, 2.24) is 14.7 Å². The quantitative estimate of drug-likeness (QED) is 0.494. The van der Waals surface area contributed by atoms with Gasteiger partial charge in [0.2, 0.25) is 5.91 Å². The van der Waals surface area contributed by atoms with Crippen molar-refractivity contribution in [2.75, 3.05) is 19.0 Å². The first-order chi connectivity index (χ1) is 16.0. The number of anilines is 1. The highest BCUT2D eigenvalue weighted by Crippen LogP contribution is 2.27. The first-order valence-electron chi connectivity index (χ1n) is 11.1. The van der Waals surface area contributed by atoms with Gasteiger partial charge in [-0.2, -0.15) is 5.10 Å². The van der Waals surface area contributed by atoms with E-state index < -0.39 is 0 Å². The van der Waals surface area contributed by atoms with Gasteiger partial charge in [-0.25, -0.2) is 4.68 Å². The number of hydrogen-bond acceptors (Lipinski definition) is 4. The fraction of sp³-hybridized carbons (Fsp3) is 0.346. The van der Waals surface area contributed by atoms with E-state index in [1.165, 1.54) is 4.90 Å². The molecule has 34 heavy (non-hydrogen) atoms. The van der Waals surface area contributed by atoms with Gasteiger partial charge >= 0.3 is 0 Å². The number of nitrogens with one attached hydrogen (secondary N) is 1. The minimum absolute atomic E-state index is 0.125. The molecule has 0 aliphatic heterocycles. The summed E-state index contributed by atoms with van der Waals surface area (Å²) < 4.78 is 6.93. The van der Waals surface area contributed by atoms with Crippen LogP contribution < -0.4 is 10.1 Å². The lowest BCUT2D eigenvalue weighted by molar-refractivity contribution is -0.117. The van der Waals surface area contributed by atoms with Crippen molar-refractivity contribution in [3.63, 3.8) is 0 Å². The molecule has 180 valence electrons. The molecule has 1 heterocycles. The van der Waals surface area contributed by atoms with Gasteiger partial charge in [0.05, 0.1) is 29.1 Å². The van der Waals surface area contributed by atoms with Crippen LogP contribution in [-0.4, -0.2) is 46.2 Å². The van der Waals surface area contributed by atoms with Crippen molar-refractivity contribution in [2.24, 2.45) is 0 Å². The number of carbonyl (C=O) groups excluding carboxylic acids is 2. The molecule has 1 aromatic heterocycles. The van der Waals surface area contributed by atoms with E-state index in [1.54, 1.807) is 36.1 Å². The number of methoxy groups -OCH3 is 1. The van der Waals surface area contributed by atoms with Crippen molar-refractivity contribution in [3.05, 3.63) is 70.9 Å². The van der Waals surface area contributed by atoms with Gasteiger partial charge in [0.15, 0.2) is 0 Å². The molecule has 7 nitrogen and oxygen atoms in total.